The number of likely N-dealkylation sites (tertiary alicyclic amines) is 2. The van der Waals surface area contributed by atoms with E-state index in [1.54, 1.807) is 30.5 Å². The van der Waals surface area contributed by atoms with Crippen molar-refractivity contribution in [2.24, 2.45) is 11.8 Å². The van der Waals surface area contributed by atoms with Gasteiger partial charge in [0.05, 0.1) is 34.9 Å². The van der Waals surface area contributed by atoms with Gasteiger partial charge >= 0.3 is 18.0 Å². The van der Waals surface area contributed by atoms with Crippen LogP contribution in [0.5, 0.6) is 5.75 Å². The molecule has 7 rings (SSSR count). The Balaban J connectivity index is 1.18. The zero-order chi connectivity index (χ0) is 35.3. The Labute approximate surface area is 292 Å². The molecule has 4 aliphatic rings. The van der Waals surface area contributed by atoms with Gasteiger partial charge in [-0.1, -0.05) is 41.0 Å². The number of piperidine rings is 2. The van der Waals surface area contributed by atoms with Crippen molar-refractivity contribution in [1.82, 2.24) is 19.4 Å². The molecule has 2 aromatic heterocycles. The van der Waals surface area contributed by atoms with Gasteiger partial charge in [-0.3, -0.25) is 9.59 Å². The quantitative estimate of drug-likeness (QED) is 0.218. The van der Waals surface area contributed by atoms with E-state index in [1.165, 1.54) is 19.3 Å². The molecule has 1 aromatic carbocycles. The predicted octanol–water partition coefficient (Wildman–Crippen LogP) is 5.93. The molecule has 266 valence electrons. The number of benzene rings is 1. The highest BCUT2D eigenvalue weighted by atomic mass is 16.6. The Morgan fingerprint density at radius 1 is 1.00 bits per heavy atom. The molecule has 0 saturated carbocycles. The number of nitrogens with zero attached hydrogens (tertiary/aromatic N) is 4. The van der Waals surface area contributed by atoms with Crippen LogP contribution in [0.1, 0.15) is 95.4 Å². The van der Waals surface area contributed by atoms with Gasteiger partial charge in [0.25, 0.3) is 5.56 Å². The number of esters is 2. The Morgan fingerprint density at radius 3 is 2.42 bits per heavy atom. The van der Waals surface area contributed by atoms with Gasteiger partial charge in [-0.2, -0.15) is 0 Å². The molecule has 11 heteroatoms. The van der Waals surface area contributed by atoms with E-state index in [4.69, 9.17) is 19.2 Å². The number of carbonyl (C=O) groups excluding carboxylic acids is 3. The van der Waals surface area contributed by atoms with Crippen LogP contribution in [0.3, 0.4) is 0 Å². The van der Waals surface area contributed by atoms with Crippen molar-refractivity contribution < 1.29 is 28.6 Å². The van der Waals surface area contributed by atoms with Crippen LogP contribution in [-0.2, 0) is 44.2 Å². The summed E-state index contributed by atoms with van der Waals surface area (Å²) in [6, 6.07) is 7.82. The smallest absolute Gasteiger partial charge is 0.415 e. The van der Waals surface area contributed by atoms with Crippen LogP contribution < -0.4 is 10.3 Å². The van der Waals surface area contributed by atoms with Gasteiger partial charge in [0.1, 0.15) is 12.4 Å². The van der Waals surface area contributed by atoms with E-state index in [-0.39, 0.29) is 30.6 Å². The Hall–Kier alpha value is -4.25. The summed E-state index contributed by atoms with van der Waals surface area (Å²) in [6.45, 7) is 13.2. The van der Waals surface area contributed by atoms with E-state index in [2.05, 4.69) is 11.8 Å². The molecule has 0 aliphatic carbocycles. The second kappa shape index (κ2) is 13.5. The summed E-state index contributed by atoms with van der Waals surface area (Å²) < 4.78 is 19.1. The molecule has 2 fully saturated rings. The van der Waals surface area contributed by atoms with Crippen LogP contribution in [-0.4, -0.2) is 69.6 Å². The lowest BCUT2D eigenvalue weighted by Gasteiger charge is -2.39. The fraction of sp³-hybridized carbons (Fsp3) is 0.564. The van der Waals surface area contributed by atoms with Crippen LogP contribution >= 0.6 is 0 Å². The van der Waals surface area contributed by atoms with E-state index >= 15 is 0 Å². The lowest BCUT2D eigenvalue weighted by molar-refractivity contribution is -0.192. The monoisotopic (exact) mass is 684 g/mol. The van der Waals surface area contributed by atoms with Crippen molar-refractivity contribution in [3.63, 3.8) is 0 Å². The summed E-state index contributed by atoms with van der Waals surface area (Å²) in [5.74, 6) is -1.17. The summed E-state index contributed by atoms with van der Waals surface area (Å²) in [6.07, 6.45) is 6.21. The van der Waals surface area contributed by atoms with Gasteiger partial charge in [0.15, 0.2) is 0 Å². The van der Waals surface area contributed by atoms with Crippen LogP contribution in [0, 0.1) is 11.8 Å². The van der Waals surface area contributed by atoms with Crippen LogP contribution in [0.2, 0.25) is 0 Å². The molecular formula is C39H48N4O7. The summed E-state index contributed by atoms with van der Waals surface area (Å²) in [5, 5.41) is 0.865. The van der Waals surface area contributed by atoms with E-state index in [1.807, 2.05) is 30.9 Å². The highest BCUT2D eigenvalue weighted by molar-refractivity contribution is 5.91. The molecule has 0 unspecified atom stereocenters. The Kier molecular flexibility index (Phi) is 9.21. The van der Waals surface area contributed by atoms with Gasteiger partial charge in [-0.15, -0.1) is 0 Å². The van der Waals surface area contributed by atoms with Crippen molar-refractivity contribution in [1.29, 1.82) is 0 Å². The number of aromatic nitrogens is 2. The largest absolute Gasteiger partial charge is 0.457 e. The lowest BCUT2D eigenvalue weighted by atomic mass is 9.85. The average Bonchev–Trinajstić information content (AvgIpc) is 3.50. The van der Waals surface area contributed by atoms with E-state index < -0.39 is 23.5 Å². The fourth-order valence-electron chi connectivity index (χ4n) is 8.16. The number of cyclic esters (lactones) is 1. The standard InChI is InChI=1S/C39H48N4O7/c1-6-27-28-19-26(49-38(47)42-17-13-25(14-18-42)41-15-9-8-10-16-41)11-12-32(28)40-34-29(27)21-43-33(34)20-31-30(35(43)44)22-48-37(46)39(31,7-2)50-36(45)24(5)23(3)4/h11-12,19-20,23-25H,6-10,13-18,21-22H2,1-5H3/t24-,39-/m0/s1. The third-order valence-electron chi connectivity index (χ3n) is 11.6. The molecule has 1 amide bonds. The fourth-order valence-corrected chi connectivity index (χ4v) is 8.16. The molecule has 0 spiro atoms. The number of hydrogen-bond donors (Lipinski definition) is 0. The molecule has 0 N–H and O–H groups in total. The van der Waals surface area contributed by atoms with E-state index in [0.717, 1.165) is 42.4 Å². The summed E-state index contributed by atoms with van der Waals surface area (Å²) in [4.78, 5) is 63.4. The number of ether oxygens (including phenoxy) is 3. The maximum atomic E-state index is 14.1. The third-order valence-corrected chi connectivity index (χ3v) is 11.6. The van der Waals surface area contributed by atoms with Gasteiger partial charge in [0.2, 0.25) is 5.60 Å². The first-order valence-corrected chi connectivity index (χ1v) is 18.4. The zero-order valence-electron chi connectivity index (χ0n) is 29.9. The van der Waals surface area contributed by atoms with Crippen LogP contribution in [0.15, 0.2) is 29.1 Å². The molecule has 11 nitrogen and oxygen atoms in total. The molecule has 50 heavy (non-hydrogen) atoms. The van der Waals surface area contributed by atoms with Crippen molar-refractivity contribution in [2.45, 2.75) is 104 Å². The maximum absolute atomic E-state index is 14.1. The first-order valence-electron chi connectivity index (χ1n) is 18.4. The summed E-state index contributed by atoms with van der Waals surface area (Å²) >= 11 is 0. The number of fused-ring (bicyclic) bond motifs is 5. The molecule has 3 aromatic rings. The first kappa shape index (κ1) is 34.2. The minimum absolute atomic E-state index is 0.00356. The molecule has 4 aliphatic heterocycles. The predicted molar refractivity (Wildman–Crippen MR) is 188 cm³/mol. The molecule has 6 heterocycles. The average molecular weight is 685 g/mol. The topological polar surface area (TPSA) is 120 Å². The number of pyridine rings is 2. The molecular weight excluding hydrogens is 636 g/mol. The van der Waals surface area contributed by atoms with E-state index in [9.17, 15) is 19.2 Å². The number of hydrogen-bond acceptors (Lipinski definition) is 9. The molecule has 0 bridgehead atoms. The van der Waals surface area contributed by atoms with Gasteiger partial charge in [0, 0.05) is 35.6 Å². The Morgan fingerprint density at radius 2 is 1.74 bits per heavy atom. The number of aryl methyl sites for hydroxylation is 1. The Bertz CT molecular complexity index is 1900. The van der Waals surface area contributed by atoms with E-state index in [0.29, 0.717) is 65.9 Å². The number of amides is 1. The zero-order valence-corrected chi connectivity index (χ0v) is 29.9. The maximum Gasteiger partial charge on any atom is 0.415 e. The second-order valence-corrected chi connectivity index (χ2v) is 14.7. The highest BCUT2D eigenvalue weighted by Crippen LogP contribution is 2.43. The van der Waals surface area contributed by atoms with Gasteiger partial charge in [-0.25, -0.2) is 14.6 Å². The van der Waals surface area contributed by atoms with Crippen molar-refractivity contribution >= 4 is 28.9 Å². The third kappa shape index (κ3) is 5.77. The van der Waals surface area contributed by atoms with Crippen LogP contribution in [0.25, 0.3) is 22.3 Å². The van der Waals surface area contributed by atoms with Gasteiger partial charge < -0.3 is 28.6 Å². The lowest BCUT2D eigenvalue weighted by Crippen LogP contribution is -2.48. The minimum atomic E-state index is -1.72. The highest BCUT2D eigenvalue weighted by Gasteiger charge is 2.51. The van der Waals surface area contributed by atoms with Crippen LogP contribution in [0.4, 0.5) is 4.79 Å². The van der Waals surface area contributed by atoms with Crippen molar-refractivity contribution in [3.05, 3.63) is 56.9 Å². The SMILES string of the molecule is CCc1c2c(nc3ccc(OC(=O)N4CCC(N5CCCCC5)CC4)cc13)-c1cc3c(c(=O)n1C2)COC(=O)[C@@]3(CC)OC(=O)[C@@H](C)C(C)C. The molecule has 2 saturated heterocycles. The van der Waals surface area contributed by atoms with Crippen molar-refractivity contribution in [3.8, 4) is 17.1 Å². The normalized spacial score (nSPS) is 21.4. The van der Waals surface area contributed by atoms with Crippen molar-refractivity contribution in [2.75, 3.05) is 26.2 Å². The summed E-state index contributed by atoms with van der Waals surface area (Å²) in [5.41, 5.74) is 2.51. The summed E-state index contributed by atoms with van der Waals surface area (Å²) in [7, 11) is 0. The number of rotatable bonds is 7. The molecule has 0 radical (unpaired) electrons. The van der Waals surface area contributed by atoms with Gasteiger partial charge in [-0.05, 0) is 87.4 Å². The second-order valence-electron chi connectivity index (χ2n) is 14.7. The minimum Gasteiger partial charge on any atom is -0.457 e. The molecule has 2 atom stereocenters. The first-order chi connectivity index (χ1) is 24.1. The number of carbonyl (C=O) groups is 3.